The molecular formula is C13H18NO3. The lowest BCUT2D eigenvalue weighted by molar-refractivity contribution is -0.181. The van der Waals surface area contributed by atoms with Gasteiger partial charge in [-0.05, 0) is 49.9 Å². The Kier molecular flexibility index (Phi) is 2.51. The van der Waals surface area contributed by atoms with Gasteiger partial charge in [-0.15, -0.1) is 0 Å². The molecule has 0 aromatic carbocycles. The molecule has 4 saturated carbocycles. The Morgan fingerprint density at radius 3 is 2.47 bits per heavy atom. The van der Waals surface area contributed by atoms with Crippen LogP contribution in [0.4, 0.5) is 0 Å². The van der Waals surface area contributed by atoms with Crippen LogP contribution in [0, 0.1) is 23.7 Å². The fourth-order valence-corrected chi connectivity index (χ4v) is 4.69. The quantitative estimate of drug-likeness (QED) is 0.745. The van der Waals surface area contributed by atoms with Crippen LogP contribution < -0.4 is 5.32 Å². The molecular weight excluding hydrogens is 218 g/mol. The van der Waals surface area contributed by atoms with Crippen molar-refractivity contribution in [3.05, 3.63) is 0 Å². The van der Waals surface area contributed by atoms with E-state index in [1.54, 1.807) is 6.29 Å². The largest absolute Gasteiger partial charge is 0.389 e. The van der Waals surface area contributed by atoms with Gasteiger partial charge in [0.2, 0.25) is 12.2 Å². The third kappa shape index (κ3) is 1.69. The van der Waals surface area contributed by atoms with Crippen LogP contribution in [0.5, 0.6) is 0 Å². The van der Waals surface area contributed by atoms with Crippen LogP contribution in [0.3, 0.4) is 0 Å². The number of hydrogen-bond donors (Lipinski definition) is 2. The number of aliphatic hydroxyl groups is 1. The summed E-state index contributed by atoms with van der Waals surface area (Å²) < 4.78 is 0. The van der Waals surface area contributed by atoms with Crippen molar-refractivity contribution in [3.63, 3.8) is 0 Å². The van der Waals surface area contributed by atoms with Gasteiger partial charge in [-0.2, -0.15) is 0 Å². The van der Waals surface area contributed by atoms with Gasteiger partial charge >= 0.3 is 0 Å². The molecule has 1 radical (unpaired) electrons. The van der Waals surface area contributed by atoms with Gasteiger partial charge in [-0.3, -0.25) is 9.59 Å². The van der Waals surface area contributed by atoms with E-state index in [1.807, 2.05) is 0 Å². The van der Waals surface area contributed by atoms with Crippen molar-refractivity contribution >= 4 is 12.2 Å². The summed E-state index contributed by atoms with van der Waals surface area (Å²) in [5, 5.41) is 13.2. The van der Waals surface area contributed by atoms with Crippen LogP contribution in [0.2, 0.25) is 0 Å². The van der Waals surface area contributed by atoms with E-state index in [4.69, 9.17) is 0 Å². The predicted octanol–water partition coefficient (Wildman–Crippen LogP) is 0.399. The molecule has 2 N–H and O–H groups in total. The van der Waals surface area contributed by atoms with Gasteiger partial charge in [0, 0.05) is 0 Å². The molecule has 0 aromatic heterocycles. The van der Waals surface area contributed by atoms with E-state index >= 15 is 0 Å². The lowest BCUT2D eigenvalue weighted by Gasteiger charge is -2.58. The molecule has 93 valence electrons. The van der Waals surface area contributed by atoms with E-state index in [-0.39, 0.29) is 18.4 Å². The molecule has 4 nitrogen and oxygen atoms in total. The molecule has 4 fully saturated rings. The third-order valence-electron chi connectivity index (χ3n) is 4.89. The second-order valence-corrected chi connectivity index (χ2v) is 6.05. The number of nitrogens with one attached hydrogen (secondary N) is 1. The normalized spacial score (nSPS) is 46.9. The molecule has 4 heteroatoms. The summed E-state index contributed by atoms with van der Waals surface area (Å²) in [5.41, 5.74) is -0.804. The summed E-state index contributed by atoms with van der Waals surface area (Å²) in [6, 6.07) is 0. The van der Waals surface area contributed by atoms with Crippen LogP contribution in [0.15, 0.2) is 0 Å². The molecule has 0 heterocycles. The maximum absolute atomic E-state index is 12.0. The van der Waals surface area contributed by atoms with Crippen molar-refractivity contribution in [2.45, 2.75) is 37.7 Å². The molecule has 3 unspecified atom stereocenters. The molecule has 4 aliphatic carbocycles. The second kappa shape index (κ2) is 3.80. The first-order chi connectivity index (χ1) is 8.12. The van der Waals surface area contributed by atoms with Crippen molar-refractivity contribution in [1.29, 1.82) is 0 Å². The summed E-state index contributed by atoms with van der Waals surface area (Å²) in [6.07, 6.45) is 6.58. The van der Waals surface area contributed by atoms with E-state index in [1.165, 1.54) is 6.42 Å². The van der Waals surface area contributed by atoms with Crippen LogP contribution in [-0.4, -0.2) is 29.4 Å². The highest BCUT2D eigenvalue weighted by Gasteiger charge is 2.58. The fourth-order valence-electron chi connectivity index (χ4n) is 4.69. The molecule has 17 heavy (non-hydrogen) atoms. The third-order valence-corrected chi connectivity index (χ3v) is 4.89. The molecule has 4 aliphatic rings. The minimum absolute atomic E-state index is 0.0645. The van der Waals surface area contributed by atoms with Gasteiger partial charge in [-0.1, -0.05) is 0 Å². The average Bonchev–Trinajstić information content (AvgIpc) is 2.23. The monoisotopic (exact) mass is 236 g/mol. The van der Waals surface area contributed by atoms with E-state index in [9.17, 15) is 14.7 Å². The first-order valence-electron chi connectivity index (χ1n) is 6.47. The van der Waals surface area contributed by atoms with Gasteiger partial charge in [0.25, 0.3) is 0 Å². The molecule has 3 atom stereocenters. The zero-order valence-electron chi connectivity index (χ0n) is 9.82. The van der Waals surface area contributed by atoms with E-state index in [0.29, 0.717) is 17.8 Å². The van der Waals surface area contributed by atoms with Crippen molar-refractivity contribution in [1.82, 2.24) is 5.32 Å². The van der Waals surface area contributed by atoms with Gasteiger partial charge in [-0.25, -0.2) is 0 Å². The Bertz CT molecular complexity index is 341. The molecule has 1 amide bonds. The lowest BCUT2D eigenvalue weighted by atomic mass is 9.49. The van der Waals surface area contributed by atoms with Gasteiger partial charge in [0.15, 0.2) is 0 Å². The highest BCUT2D eigenvalue weighted by atomic mass is 16.3. The van der Waals surface area contributed by atoms with Crippen LogP contribution in [0.1, 0.15) is 32.1 Å². The van der Waals surface area contributed by atoms with E-state index < -0.39 is 5.60 Å². The highest BCUT2D eigenvalue weighted by Crippen LogP contribution is 2.58. The van der Waals surface area contributed by atoms with Crippen molar-refractivity contribution in [2.75, 3.05) is 6.54 Å². The SMILES string of the molecule is O=[C]CNC(=O)C1C2CC3CC(C2)CC1(O)C3. The fraction of sp³-hybridized carbons (Fsp3) is 0.846. The smallest absolute Gasteiger partial charge is 0.226 e. The number of rotatable bonds is 3. The molecule has 4 rings (SSSR count). The van der Waals surface area contributed by atoms with Crippen molar-refractivity contribution in [3.8, 4) is 0 Å². The maximum Gasteiger partial charge on any atom is 0.226 e. The van der Waals surface area contributed by atoms with Crippen LogP contribution in [-0.2, 0) is 9.59 Å². The topological polar surface area (TPSA) is 66.4 Å². The summed E-state index contributed by atoms with van der Waals surface area (Å²) in [4.78, 5) is 22.2. The zero-order chi connectivity index (χ0) is 12.0. The summed E-state index contributed by atoms with van der Waals surface area (Å²) in [7, 11) is 0. The highest BCUT2D eigenvalue weighted by molar-refractivity contribution is 5.82. The first-order valence-corrected chi connectivity index (χ1v) is 6.47. The molecule has 0 saturated heterocycles. The van der Waals surface area contributed by atoms with Crippen LogP contribution in [0.25, 0.3) is 0 Å². The van der Waals surface area contributed by atoms with Gasteiger partial charge in [0.1, 0.15) is 0 Å². The maximum atomic E-state index is 12.0. The molecule has 4 bridgehead atoms. The second-order valence-electron chi connectivity index (χ2n) is 6.05. The molecule has 0 spiro atoms. The molecule has 0 aromatic rings. The Balaban J connectivity index is 1.80. The standard InChI is InChI=1S/C13H18NO3/c15-2-1-14-12(16)11-10-4-8-3-9(5-10)7-13(11,17)6-8/h8-11,17H,1,3-7H2,(H,14,16). The summed E-state index contributed by atoms with van der Waals surface area (Å²) >= 11 is 0. The Morgan fingerprint density at radius 2 is 1.94 bits per heavy atom. The average molecular weight is 236 g/mol. The van der Waals surface area contributed by atoms with Crippen molar-refractivity contribution < 1.29 is 14.7 Å². The molecule has 0 aliphatic heterocycles. The van der Waals surface area contributed by atoms with E-state index in [2.05, 4.69) is 5.32 Å². The first kappa shape index (κ1) is 11.2. The van der Waals surface area contributed by atoms with Crippen LogP contribution >= 0.6 is 0 Å². The van der Waals surface area contributed by atoms with Crippen molar-refractivity contribution in [2.24, 2.45) is 23.7 Å². The summed E-state index contributed by atoms with van der Waals surface area (Å²) in [6.45, 7) is -0.0645. The van der Waals surface area contributed by atoms with E-state index in [0.717, 1.165) is 25.7 Å². The lowest BCUT2D eigenvalue weighted by Crippen LogP contribution is -2.61. The van der Waals surface area contributed by atoms with Gasteiger partial charge < -0.3 is 10.4 Å². The van der Waals surface area contributed by atoms with Gasteiger partial charge in [0.05, 0.1) is 18.1 Å². The number of carbonyl (C=O) groups is 1. The Hall–Kier alpha value is -0.900. The summed E-state index contributed by atoms with van der Waals surface area (Å²) in [5.74, 6) is 1.08. The Labute approximate surface area is 101 Å². The number of amides is 1. The number of hydrogen-bond acceptors (Lipinski definition) is 3. The minimum atomic E-state index is -0.804. The predicted molar refractivity (Wildman–Crippen MR) is 60.7 cm³/mol. The minimum Gasteiger partial charge on any atom is -0.389 e. The zero-order valence-corrected chi connectivity index (χ0v) is 9.82. The Morgan fingerprint density at radius 1 is 1.29 bits per heavy atom. The number of carbonyl (C=O) groups excluding carboxylic acids is 2.